The summed E-state index contributed by atoms with van der Waals surface area (Å²) in [5, 5.41) is 4.11. The number of nitrogens with one attached hydrogen (secondary N) is 1. The van der Waals surface area contributed by atoms with Crippen molar-refractivity contribution < 1.29 is 17.1 Å². The maximum absolute atomic E-state index is 4.95. The summed E-state index contributed by atoms with van der Waals surface area (Å²) in [4.78, 5) is 4.16. The molecule has 0 spiro atoms. The molecule has 0 bridgehead atoms. The zero-order chi connectivity index (χ0) is 10.4. The summed E-state index contributed by atoms with van der Waals surface area (Å²) in [5.74, 6) is 0. The molecule has 3 nitrogen and oxygen atoms in total. The van der Waals surface area contributed by atoms with Gasteiger partial charge < -0.3 is 0 Å². The average molecular weight is 281 g/mol. The van der Waals surface area contributed by atoms with E-state index in [4.69, 9.17) is 12.2 Å². The number of thiocarbonyl (C=S) groups is 1. The fourth-order valence-electron chi connectivity index (χ4n) is 0.809. The summed E-state index contributed by atoms with van der Waals surface area (Å²) in [7, 11) is 0. The van der Waals surface area contributed by atoms with Crippen molar-refractivity contribution in [3.8, 4) is 0 Å². The summed E-state index contributed by atoms with van der Waals surface area (Å²) < 4.78 is 0.653. The van der Waals surface area contributed by atoms with E-state index in [1.807, 2.05) is 31.4 Å². The van der Waals surface area contributed by atoms with Gasteiger partial charge in [-0.15, -0.1) is 0 Å². The van der Waals surface area contributed by atoms with Gasteiger partial charge in [0.05, 0.1) is 11.4 Å². The van der Waals surface area contributed by atoms with Gasteiger partial charge in [0.15, 0.2) is 4.32 Å². The van der Waals surface area contributed by atoms with Gasteiger partial charge in [0.2, 0.25) is 0 Å². The number of hydrogen-bond donors (Lipinski definition) is 1. The molecule has 0 aliphatic carbocycles. The molecule has 15 heavy (non-hydrogen) atoms. The molecule has 1 rings (SSSR count). The van der Waals surface area contributed by atoms with Crippen LogP contribution in [-0.4, -0.2) is 21.3 Å². The van der Waals surface area contributed by atoms with Crippen molar-refractivity contribution in [2.75, 3.05) is 6.26 Å². The number of pyridine rings is 1. The van der Waals surface area contributed by atoms with Crippen molar-refractivity contribution in [1.82, 2.24) is 10.4 Å². The van der Waals surface area contributed by atoms with Gasteiger partial charge >= 0.3 is 17.1 Å². The van der Waals surface area contributed by atoms with Crippen LogP contribution in [0, 0.1) is 0 Å². The van der Waals surface area contributed by atoms with Gasteiger partial charge in [-0.05, 0) is 25.3 Å². The van der Waals surface area contributed by atoms with Gasteiger partial charge in [-0.3, -0.25) is 10.4 Å². The zero-order valence-corrected chi connectivity index (χ0v) is 11.1. The van der Waals surface area contributed by atoms with E-state index in [2.05, 4.69) is 15.5 Å². The maximum Gasteiger partial charge on any atom is 3.00 e. The second-order valence-corrected chi connectivity index (χ2v) is 4.00. The van der Waals surface area contributed by atoms with Crippen molar-refractivity contribution in [3.05, 3.63) is 30.1 Å². The Morgan fingerprint density at radius 2 is 2.27 bits per heavy atom. The molecule has 1 N–H and O–H groups in total. The van der Waals surface area contributed by atoms with Crippen LogP contribution in [0.4, 0.5) is 0 Å². The Labute approximate surface area is 110 Å². The topological polar surface area (TPSA) is 37.3 Å². The van der Waals surface area contributed by atoms with Crippen LogP contribution < -0.4 is 5.43 Å². The van der Waals surface area contributed by atoms with Crippen LogP contribution in [0.25, 0.3) is 0 Å². The minimum absolute atomic E-state index is 0. The van der Waals surface area contributed by atoms with Crippen LogP contribution in [0.3, 0.4) is 0 Å². The molecule has 0 atom stereocenters. The monoisotopic (exact) mass is 281 g/mol. The van der Waals surface area contributed by atoms with E-state index in [1.54, 1.807) is 6.20 Å². The number of aromatic nitrogens is 1. The minimum atomic E-state index is 0. The summed E-state index contributed by atoms with van der Waals surface area (Å²) >= 11 is 6.40. The Bertz CT molecular complexity index is 340. The molecule has 1 heterocycles. The number of rotatable bonds is 2. The normalized spacial score (nSPS) is 10.4. The van der Waals surface area contributed by atoms with Crippen LogP contribution in [0.15, 0.2) is 29.5 Å². The second kappa shape index (κ2) is 7.82. The number of hydrazone groups is 1. The molecule has 0 unspecified atom stereocenters. The quantitative estimate of drug-likeness (QED) is 0.389. The van der Waals surface area contributed by atoms with Crippen molar-refractivity contribution in [2.24, 2.45) is 5.10 Å². The van der Waals surface area contributed by atoms with Gasteiger partial charge in [-0.25, -0.2) is 0 Å². The van der Waals surface area contributed by atoms with E-state index in [0.29, 0.717) is 4.32 Å². The summed E-state index contributed by atoms with van der Waals surface area (Å²) in [5.41, 5.74) is 4.45. The molecule has 0 aromatic carbocycles. The van der Waals surface area contributed by atoms with Crippen LogP contribution in [0.5, 0.6) is 0 Å². The Balaban J connectivity index is 0.00000196. The Kier molecular flexibility index (Phi) is 7.60. The summed E-state index contributed by atoms with van der Waals surface area (Å²) in [6.07, 6.45) is 3.64. The fourth-order valence-corrected chi connectivity index (χ4v) is 0.992. The first-order valence-corrected chi connectivity index (χ1v) is 5.67. The smallest absolute Gasteiger partial charge is 0.262 e. The Hall–Kier alpha value is -0.421. The third-order valence-electron chi connectivity index (χ3n) is 1.54. The standard InChI is InChI=1S/C9H11N3S2.Fe/c1-7(11-12-9(13)14-2)8-5-3-4-6-10-8;/h3-6H,1-2H3,(H,12,13);/q;+3/b11-7+;. The third-order valence-corrected chi connectivity index (χ3v) is 2.59. The predicted molar refractivity (Wildman–Crippen MR) is 65.7 cm³/mol. The zero-order valence-electron chi connectivity index (χ0n) is 8.37. The summed E-state index contributed by atoms with van der Waals surface area (Å²) in [6, 6.07) is 5.70. The molecule has 0 amide bonds. The van der Waals surface area contributed by atoms with Crippen LogP contribution in [0.2, 0.25) is 0 Å². The van der Waals surface area contributed by atoms with Crippen molar-refractivity contribution >= 4 is 34.0 Å². The molecular weight excluding hydrogens is 270 g/mol. The number of thioether (sulfide) groups is 1. The van der Waals surface area contributed by atoms with E-state index >= 15 is 0 Å². The van der Waals surface area contributed by atoms with Gasteiger partial charge in [-0.1, -0.05) is 30.0 Å². The second-order valence-electron chi connectivity index (χ2n) is 2.52. The molecule has 0 fully saturated rings. The first-order valence-electron chi connectivity index (χ1n) is 4.03. The fraction of sp³-hybridized carbons (Fsp3) is 0.222. The van der Waals surface area contributed by atoms with Gasteiger partial charge in [0.1, 0.15) is 0 Å². The maximum atomic E-state index is 4.95. The van der Waals surface area contributed by atoms with Crippen LogP contribution in [-0.2, 0) is 17.1 Å². The molecular formula is C9H11FeN3S2+3. The molecule has 1 aromatic heterocycles. The van der Waals surface area contributed by atoms with Crippen LogP contribution in [0.1, 0.15) is 12.6 Å². The average Bonchev–Trinajstić information content (AvgIpc) is 2.26. The molecule has 1 radical (unpaired) electrons. The number of nitrogens with zero attached hydrogens (tertiary/aromatic N) is 2. The van der Waals surface area contributed by atoms with Crippen molar-refractivity contribution in [2.45, 2.75) is 6.92 Å². The summed E-state index contributed by atoms with van der Waals surface area (Å²) in [6.45, 7) is 1.89. The molecule has 1 aromatic rings. The number of hydrogen-bond acceptors (Lipinski definition) is 4. The van der Waals surface area contributed by atoms with E-state index in [1.165, 1.54) is 11.8 Å². The molecule has 0 saturated carbocycles. The molecule has 0 saturated heterocycles. The predicted octanol–water partition coefficient (Wildman–Crippen LogP) is 2.04. The van der Waals surface area contributed by atoms with E-state index in [-0.39, 0.29) is 17.1 Å². The molecule has 0 aliphatic rings. The first-order chi connectivity index (χ1) is 6.74. The SMILES string of the molecule is CSC(=S)N/N=C(\C)c1ccccn1.[Fe+3]. The Morgan fingerprint density at radius 3 is 2.80 bits per heavy atom. The first kappa shape index (κ1) is 14.6. The van der Waals surface area contributed by atoms with Crippen molar-refractivity contribution in [1.29, 1.82) is 0 Å². The molecule has 79 valence electrons. The third kappa shape index (κ3) is 5.27. The van der Waals surface area contributed by atoms with Crippen molar-refractivity contribution in [3.63, 3.8) is 0 Å². The largest absolute Gasteiger partial charge is 3.00 e. The van der Waals surface area contributed by atoms with E-state index in [0.717, 1.165) is 11.4 Å². The van der Waals surface area contributed by atoms with Gasteiger partial charge in [0.25, 0.3) is 0 Å². The Morgan fingerprint density at radius 1 is 1.53 bits per heavy atom. The molecule has 0 aliphatic heterocycles. The van der Waals surface area contributed by atoms with Gasteiger partial charge in [-0.2, -0.15) is 5.10 Å². The minimum Gasteiger partial charge on any atom is -0.262 e. The molecule has 6 heteroatoms. The van der Waals surface area contributed by atoms with Gasteiger partial charge in [0, 0.05) is 6.20 Å². The van der Waals surface area contributed by atoms with E-state index in [9.17, 15) is 0 Å². The van der Waals surface area contributed by atoms with Crippen LogP contribution >= 0.6 is 24.0 Å². The van der Waals surface area contributed by atoms with E-state index < -0.39 is 0 Å².